The summed E-state index contributed by atoms with van der Waals surface area (Å²) in [5.74, 6) is 0.560. The lowest BCUT2D eigenvalue weighted by Gasteiger charge is -2.18. The fourth-order valence-corrected chi connectivity index (χ4v) is 1.33. The second-order valence-electron chi connectivity index (χ2n) is 3.25. The van der Waals surface area contributed by atoms with Crippen molar-refractivity contribution < 1.29 is 0 Å². The number of nitrogens with two attached hydrogens (primary N) is 1. The van der Waals surface area contributed by atoms with Crippen LogP contribution in [0.2, 0.25) is 0 Å². The van der Waals surface area contributed by atoms with Crippen molar-refractivity contribution in [2.75, 3.05) is 0 Å². The first-order chi connectivity index (χ1) is 5.24. The summed E-state index contributed by atoms with van der Waals surface area (Å²) >= 11 is 0. The van der Waals surface area contributed by atoms with Gasteiger partial charge < -0.3 is 5.73 Å². The van der Waals surface area contributed by atoms with Crippen LogP contribution in [0.15, 0.2) is 23.8 Å². The molecule has 0 aromatic carbocycles. The van der Waals surface area contributed by atoms with E-state index in [9.17, 15) is 0 Å². The van der Waals surface area contributed by atoms with Crippen LogP contribution in [-0.4, -0.2) is 6.04 Å². The molecule has 0 aromatic heterocycles. The van der Waals surface area contributed by atoms with E-state index >= 15 is 0 Å². The second kappa shape index (κ2) is 3.72. The maximum atomic E-state index is 5.77. The van der Waals surface area contributed by atoms with Gasteiger partial charge in [-0.25, -0.2) is 0 Å². The summed E-state index contributed by atoms with van der Waals surface area (Å²) in [6.45, 7) is 4.25. The Morgan fingerprint density at radius 2 is 2.45 bits per heavy atom. The van der Waals surface area contributed by atoms with Crippen molar-refractivity contribution in [2.45, 2.75) is 32.7 Å². The minimum absolute atomic E-state index is 0.293. The summed E-state index contributed by atoms with van der Waals surface area (Å²) in [6, 6.07) is 0.293. The number of hydrogen-bond acceptors (Lipinski definition) is 1. The molecule has 11 heavy (non-hydrogen) atoms. The van der Waals surface area contributed by atoms with Gasteiger partial charge in [0.05, 0.1) is 0 Å². The number of hydrogen-bond donors (Lipinski definition) is 1. The van der Waals surface area contributed by atoms with Gasteiger partial charge in [0.25, 0.3) is 0 Å². The standard InChI is InChI=1S/C10H17N/c1-3-9-4-6-10(7-5-9)8(2)11/h4-6,8,10H,3,7,11H2,1-2H3. The van der Waals surface area contributed by atoms with Gasteiger partial charge in [-0.3, -0.25) is 0 Å². The maximum Gasteiger partial charge on any atom is 0.00764 e. The van der Waals surface area contributed by atoms with Crippen LogP contribution in [0.3, 0.4) is 0 Å². The summed E-state index contributed by atoms with van der Waals surface area (Å²) in [5, 5.41) is 0. The summed E-state index contributed by atoms with van der Waals surface area (Å²) in [7, 11) is 0. The number of rotatable bonds is 2. The molecule has 1 nitrogen and oxygen atoms in total. The SMILES string of the molecule is CCC1=CCC(C(C)N)C=C1. The third-order valence-electron chi connectivity index (χ3n) is 2.29. The molecule has 0 bridgehead atoms. The first-order valence-electron chi connectivity index (χ1n) is 4.37. The largest absolute Gasteiger partial charge is 0.327 e. The van der Waals surface area contributed by atoms with E-state index in [4.69, 9.17) is 5.73 Å². The average Bonchev–Trinajstić information content (AvgIpc) is 2.05. The Hall–Kier alpha value is -0.560. The highest BCUT2D eigenvalue weighted by Crippen LogP contribution is 2.19. The fourth-order valence-electron chi connectivity index (χ4n) is 1.33. The summed E-state index contributed by atoms with van der Waals surface area (Å²) in [5.41, 5.74) is 7.22. The molecule has 0 amide bonds. The van der Waals surface area contributed by atoms with Crippen LogP contribution in [0.25, 0.3) is 0 Å². The predicted molar refractivity (Wildman–Crippen MR) is 49.3 cm³/mol. The Morgan fingerprint density at radius 3 is 2.82 bits per heavy atom. The lowest BCUT2D eigenvalue weighted by molar-refractivity contribution is 0.535. The molecule has 1 aliphatic carbocycles. The summed E-state index contributed by atoms with van der Waals surface area (Å²) in [4.78, 5) is 0. The van der Waals surface area contributed by atoms with Gasteiger partial charge in [0.15, 0.2) is 0 Å². The lowest BCUT2D eigenvalue weighted by Crippen LogP contribution is -2.25. The van der Waals surface area contributed by atoms with Crippen LogP contribution in [0.1, 0.15) is 26.7 Å². The maximum absolute atomic E-state index is 5.77. The van der Waals surface area contributed by atoms with Gasteiger partial charge in [-0.2, -0.15) is 0 Å². The van der Waals surface area contributed by atoms with Crippen LogP contribution >= 0.6 is 0 Å². The molecule has 0 aliphatic heterocycles. The highest BCUT2D eigenvalue weighted by molar-refractivity contribution is 5.23. The molecule has 1 heteroatoms. The van der Waals surface area contributed by atoms with Gasteiger partial charge in [-0.05, 0) is 25.7 Å². The van der Waals surface area contributed by atoms with E-state index in [1.807, 2.05) is 0 Å². The molecule has 1 aliphatic rings. The predicted octanol–water partition coefficient (Wildman–Crippen LogP) is 2.25. The van der Waals surface area contributed by atoms with E-state index in [1.54, 1.807) is 0 Å². The van der Waals surface area contributed by atoms with Crippen molar-refractivity contribution in [2.24, 2.45) is 11.7 Å². The molecule has 62 valence electrons. The van der Waals surface area contributed by atoms with Crippen molar-refractivity contribution in [3.63, 3.8) is 0 Å². The summed E-state index contributed by atoms with van der Waals surface area (Å²) < 4.78 is 0. The average molecular weight is 151 g/mol. The highest BCUT2D eigenvalue weighted by atomic mass is 14.6. The van der Waals surface area contributed by atoms with Crippen LogP contribution in [0.4, 0.5) is 0 Å². The highest BCUT2D eigenvalue weighted by Gasteiger charge is 2.11. The lowest BCUT2D eigenvalue weighted by atomic mass is 9.91. The smallest absolute Gasteiger partial charge is 0.00764 e. The minimum Gasteiger partial charge on any atom is -0.327 e. The molecule has 0 radical (unpaired) electrons. The van der Waals surface area contributed by atoms with Crippen LogP contribution in [0.5, 0.6) is 0 Å². The quantitative estimate of drug-likeness (QED) is 0.643. The molecular formula is C10H17N. The Labute approximate surface area is 69.0 Å². The van der Waals surface area contributed by atoms with Crippen molar-refractivity contribution in [3.8, 4) is 0 Å². The molecule has 2 N–H and O–H groups in total. The van der Waals surface area contributed by atoms with Crippen molar-refractivity contribution >= 4 is 0 Å². The Morgan fingerprint density at radius 1 is 1.73 bits per heavy atom. The van der Waals surface area contributed by atoms with Crippen LogP contribution < -0.4 is 5.73 Å². The van der Waals surface area contributed by atoms with Gasteiger partial charge >= 0.3 is 0 Å². The molecular weight excluding hydrogens is 134 g/mol. The fraction of sp³-hybridized carbons (Fsp3) is 0.600. The molecule has 0 heterocycles. The third kappa shape index (κ3) is 2.19. The Bertz CT molecular complexity index is 177. The molecule has 0 fully saturated rings. The van der Waals surface area contributed by atoms with E-state index in [0.717, 1.165) is 12.8 Å². The van der Waals surface area contributed by atoms with Crippen LogP contribution in [0, 0.1) is 5.92 Å². The molecule has 0 aromatic rings. The monoisotopic (exact) mass is 151 g/mol. The van der Waals surface area contributed by atoms with Gasteiger partial charge in [0.1, 0.15) is 0 Å². The molecule has 0 spiro atoms. The molecule has 2 unspecified atom stereocenters. The molecule has 0 saturated heterocycles. The first-order valence-corrected chi connectivity index (χ1v) is 4.37. The van der Waals surface area contributed by atoms with E-state index in [2.05, 4.69) is 32.1 Å². The van der Waals surface area contributed by atoms with Crippen LogP contribution in [-0.2, 0) is 0 Å². The van der Waals surface area contributed by atoms with Crippen molar-refractivity contribution in [3.05, 3.63) is 23.8 Å². The Balaban J connectivity index is 2.50. The van der Waals surface area contributed by atoms with E-state index in [-0.39, 0.29) is 0 Å². The topological polar surface area (TPSA) is 26.0 Å². The molecule has 0 saturated carbocycles. The normalized spacial score (nSPS) is 26.5. The van der Waals surface area contributed by atoms with E-state index < -0.39 is 0 Å². The zero-order valence-corrected chi connectivity index (χ0v) is 7.38. The van der Waals surface area contributed by atoms with Crippen molar-refractivity contribution in [1.29, 1.82) is 0 Å². The van der Waals surface area contributed by atoms with Gasteiger partial charge in [0, 0.05) is 6.04 Å². The van der Waals surface area contributed by atoms with E-state index in [0.29, 0.717) is 12.0 Å². The van der Waals surface area contributed by atoms with Crippen molar-refractivity contribution in [1.82, 2.24) is 0 Å². The molecule has 1 rings (SSSR count). The number of allylic oxidation sites excluding steroid dienone is 3. The second-order valence-corrected chi connectivity index (χ2v) is 3.25. The zero-order chi connectivity index (χ0) is 8.27. The van der Waals surface area contributed by atoms with E-state index in [1.165, 1.54) is 5.57 Å². The van der Waals surface area contributed by atoms with Gasteiger partial charge in [0.2, 0.25) is 0 Å². The third-order valence-corrected chi connectivity index (χ3v) is 2.29. The van der Waals surface area contributed by atoms with Gasteiger partial charge in [-0.15, -0.1) is 0 Å². The first kappa shape index (κ1) is 8.54. The minimum atomic E-state index is 0.293. The van der Waals surface area contributed by atoms with Gasteiger partial charge in [-0.1, -0.05) is 30.7 Å². The Kier molecular flexibility index (Phi) is 2.89. The molecule has 2 atom stereocenters. The zero-order valence-electron chi connectivity index (χ0n) is 7.38. The summed E-state index contributed by atoms with van der Waals surface area (Å²) in [6.07, 6.45) is 9.01.